The lowest BCUT2D eigenvalue weighted by atomic mass is 9.90. The van der Waals surface area contributed by atoms with Gasteiger partial charge in [0, 0.05) is 12.0 Å². The minimum absolute atomic E-state index is 0.273. The van der Waals surface area contributed by atoms with Gasteiger partial charge in [0.05, 0.1) is 7.11 Å². The van der Waals surface area contributed by atoms with E-state index in [1.54, 1.807) is 7.11 Å². The molecule has 3 nitrogen and oxygen atoms in total. The molecule has 1 aliphatic rings. The normalized spacial score (nSPS) is 18.6. The van der Waals surface area contributed by atoms with E-state index < -0.39 is 0 Å². The van der Waals surface area contributed by atoms with Crippen LogP contribution in [-0.2, 0) is 0 Å². The van der Waals surface area contributed by atoms with Crippen LogP contribution in [0.2, 0.25) is 0 Å². The van der Waals surface area contributed by atoms with Gasteiger partial charge in [0.1, 0.15) is 5.75 Å². The molecule has 1 fully saturated rings. The zero-order valence-corrected chi connectivity index (χ0v) is 12.3. The molecule has 0 aliphatic carbocycles. The minimum Gasteiger partial charge on any atom is -0.496 e. The molecule has 1 heterocycles. The number of carbonyl (C=O) groups is 1. The first-order valence-corrected chi connectivity index (χ1v) is 6.93. The second-order valence-electron chi connectivity index (χ2n) is 5.51. The number of nitrogens with one attached hydrogen (secondary N) is 1. The highest BCUT2D eigenvalue weighted by Gasteiger charge is 2.22. The van der Waals surface area contributed by atoms with Crippen LogP contribution in [0.3, 0.4) is 0 Å². The summed E-state index contributed by atoms with van der Waals surface area (Å²) in [5, 5.41) is 3.32. The van der Waals surface area contributed by atoms with E-state index in [1.807, 2.05) is 26.8 Å². The SMILES string of the molecule is COc1cc(C)c(C(=O)CC2CCNC2)c(C)c1C. The van der Waals surface area contributed by atoms with Gasteiger partial charge in [-0.15, -0.1) is 0 Å². The van der Waals surface area contributed by atoms with Gasteiger partial charge in [-0.05, 0) is 69.0 Å². The maximum atomic E-state index is 12.5. The average molecular weight is 261 g/mol. The van der Waals surface area contributed by atoms with Gasteiger partial charge in [-0.2, -0.15) is 0 Å². The fraction of sp³-hybridized carbons (Fsp3) is 0.562. The van der Waals surface area contributed by atoms with Crippen LogP contribution >= 0.6 is 0 Å². The smallest absolute Gasteiger partial charge is 0.163 e. The van der Waals surface area contributed by atoms with Gasteiger partial charge in [-0.25, -0.2) is 0 Å². The van der Waals surface area contributed by atoms with Gasteiger partial charge in [0.15, 0.2) is 5.78 Å². The Morgan fingerprint density at radius 3 is 2.68 bits per heavy atom. The largest absolute Gasteiger partial charge is 0.496 e. The monoisotopic (exact) mass is 261 g/mol. The van der Waals surface area contributed by atoms with Crippen LogP contribution in [0.1, 0.15) is 39.9 Å². The maximum absolute atomic E-state index is 12.5. The Morgan fingerprint density at radius 1 is 1.37 bits per heavy atom. The zero-order chi connectivity index (χ0) is 14.0. The summed E-state index contributed by atoms with van der Waals surface area (Å²) in [6.07, 6.45) is 1.76. The van der Waals surface area contributed by atoms with Crippen molar-refractivity contribution in [3.63, 3.8) is 0 Å². The van der Waals surface area contributed by atoms with Gasteiger partial charge in [0.2, 0.25) is 0 Å². The third kappa shape index (κ3) is 2.81. The van der Waals surface area contributed by atoms with Gasteiger partial charge in [0.25, 0.3) is 0 Å². The highest BCUT2D eigenvalue weighted by Crippen LogP contribution is 2.29. The number of ketones is 1. The number of benzene rings is 1. The average Bonchev–Trinajstić information content (AvgIpc) is 2.86. The molecule has 104 valence electrons. The lowest BCUT2D eigenvalue weighted by Gasteiger charge is -2.16. The van der Waals surface area contributed by atoms with Crippen molar-refractivity contribution in [3.05, 3.63) is 28.3 Å². The standard InChI is InChI=1S/C16H23NO2/c1-10-7-15(19-4)11(2)12(3)16(10)14(18)8-13-5-6-17-9-13/h7,13,17H,5-6,8-9H2,1-4H3. The molecular formula is C16H23NO2. The quantitative estimate of drug-likeness (QED) is 0.847. The van der Waals surface area contributed by atoms with Gasteiger partial charge >= 0.3 is 0 Å². The molecule has 1 N–H and O–H groups in total. The molecule has 0 aromatic heterocycles. The van der Waals surface area contributed by atoms with E-state index in [2.05, 4.69) is 5.32 Å². The fourth-order valence-electron chi connectivity index (χ4n) is 2.94. The van der Waals surface area contributed by atoms with Crippen LogP contribution in [-0.4, -0.2) is 26.0 Å². The van der Waals surface area contributed by atoms with E-state index in [0.717, 1.165) is 47.5 Å². The highest BCUT2D eigenvalue weighted by atomic mass is 16.5. The van der Waals surface area contributed by atoms with Crippen LogP contribution in [0.4, 0.5) is 0 Å². The van der Waals surface area contributed by atoms with Crippen molar-refractivity contribution in [2.45, 2.75) is 33.6 Å². The summed E-state index contributed by atoms with van der Waals surface area (Å²) in [4.78, 5) is 12.5. The lowest BCUT2D eigenvalue weighted by molar-refractivity contribution is 0.0963. The first kappa shape index (κ1) is 14.1. The molecule has 1 saturated heterocycles. The molecule has 0 saturated carbocycles. The number of carbonyl (C=O) groups excluding carboxylic acids is 1. The van der Waals surface area contributed by atoms with Crippen LogP contribution in [0.25, 0.3) is 0 Å². The maximum Gasteiger partial charge on any atom is 0.163 e. The topological polar surface area (TPSA) is 38.3 Å². The van der Waals surface area contributed by atoms with E-state index in [-0.39, 0.29) is 5.78 Å². The van der Waals surface area contributed by atoms with Crippen molar-refractivity contribution >= 4 is 5.78 Å². The number of hydrogen-bond acceptors (Lipinski definition) is 3. The van der Waals surface area contributed by atoms with Crippen LogP contribution in [0, 0.1) is 26.7 Å². The summed E-state index contributed by atoms with van der Waals surface area (Å²) in [7, 11) is 1.67. The number of rotatable bonds is 4. The Kier molecular flexibility index (Phi) is 4.25. The molecule has 1 aliphatic heterocycles. The van der Waals surface area contributed by atoms with E-state index in [1.165, 1.54) is 0 Å². The van der Waals surface area contributed by atoms with Crippen molar-refractivity contribution < 1.29 is 9.53 Å². The molecular weight excluding hydrogens is 238 g/mol. The Balaban J connectivity index is 2.28. The van der Waals surface area contributed by atoms with Gasteiger partial charge in [-0.1, -0.05) is 0 Å². The zero-order valence-electron chi connectivity index (χ0n) is 12.3. The molecule has 3 heteroatoms. The van der Waals surface area contributed by atoms with Crippen LogP contribution in [0.5, 0.6) is 5.75 Å². The van der Waals surface area contributed by atoms with Crippen molar-refractivity contribution in [2.24, 2.45) is 5.92 Å². The molecule has 1 aromatic carbocycles. The minimum atomic E-state index is 0.273. The summed E-state index contributed by atoms with van der Waals surface area (Å²) >= 11 is 0. The van der Waals surface area contributed by atoms with Gasteiger partial charge in [-0.3, -0.25) is 4.79 Å². The molecule has 19 heavy (non-hydrogen) atoms. The van der Waals surface area contributed by atoms with Crippen LogP contribution < -0.4 is 10.1 Å². The number of ether oxygens (including phenoxy) is 1. The summed E-state index contributed by atoms with van der Waals surface area (Å²) < 4.78 is 5.35. The molecule has 1 atom stereocenters. The first-order valence-electron chi connectivity index (χ1n) is 6.93. The van der Waals surface area contributed by atoms with E-state index in [4.69, 9.17) is 4.74 Å². The fourth-order valence-corrected chi connectivity index (χ4v) is 2.94. The molecule has 0 bridgehead atoms. The molecule has 2 rings (SSSR count). The molecule has 0 amide bonds. The predicted molar refractivity (Wildman–Crippen MR) is 77.1 cm³/mol. The summed E-state index contributed by atoms with van der Waals surface area (Å²) in [6, 6.07) is 1.97. The second-order valence-corrected chi connectivity index (χ2v) is 5.51. The molecule has 0 spiro atoms. The third-order valence-electron chi connectivity index (χ3n) is 4.18. The Bertz CT molecular complexity index is 488. The van der Waals surface area contributed by atoms with Crippen molar-refractivity contribution in [2.75, 3.05) is 20.2 Å². The number of hydrogen-bond donors (Lipinski definition) is 1. The summed E-state index contributed by atoms with van der Waals surface area (Å²) in [5.74, 6) is 1.64. The molecule has 1 aromatic rings. The third-order valence-corrected chi connectivity index (χ3v) is 4.18. The molecule has 1 unspecified atom stereocenters. The Morgan fingerprint density at radius 2 is 2.11 bits per heavy atom. The van der Waals surface area contributed by atoms with Crippen molar-refractivity contribution in [3.8, 4) is 5.75 Å². The van der Waals surface area contributed by atoms with Crippen LogP contribution in [0.15, 0.2) is 6.07 Å². The van der Waals surface area contributed by atoms with Crippen molar-refractivity contribution in [1.82, 2.24) is 5.32 Å². The lowest BCUT2D eigenvalue weighted by Crippen LogP contribution is -2.15. The second kappa shape index (κ2) is 5.74. The summed E-state index contributed by atoms with van der Waals surface area (Å²) in [5.41, 5.74) is 4.05. The highest BCUT2D eigenvalue weighted by molar-refractivity contribution is 5.99. The van der Waals surface area contributed by atoms with E-state index in [9.17, 15) is 4.79 Å². The predicted octanol–water partition coefficient (Wildman–Crippen LogP) is 2.80. The number of methoxy groups -OCH3 is 1. The number of Topliss-reactive ketones (excluding diaryl/α,β-unsaturated/α-hetero) is 1. The van der Waals surface area contributed by atoms with E-state index in [0.29, 0.717) is 12.3 Å². The van der Waals surface area contributed by atoms with Gasteiger partial charge < -0.3 is 10.1 Å². The summed E-state index contributed by atoms with van der Waals surface area (Å²) in [6.45, 7) is 8.04. The number of aryl methyl sites for hydroxylation is 1. The Labute approximate surface area is 115 Å². The van der Waals surface area contributed by atoms with E-state index >= 15 is 0 Å². The Hall–Kier alpha value is -1.35. The first-order chi connectivity index (χ1) is 9.04. The van der Waals surface area contributed by atoms with Crippen molar-refractivity contribution in [1.29, 1.82) is 0 Å². The molecule has 0 radical (unpaired) electrons.